The van der Waals surface area contributed by atoms with E-state index >= 15 is 0 Å². The predicted molar refractivity (Wildman–Crippen MR) is 70.9 cm³/mol. The van der Waals surface area contributed by atoms with Crippen LogP contribution in [0.1, 0.15) is 5.56 Å². The van der Waals surface area contributed by atoms with Crippen LogP contribution >= 0.6 is 0 Å². The lowest BCUT2D eigenvalue weighted by Gasteiger charge is -2.03. The lowest BCUT2D eigenvalue weighted by molar-refractivity contribution is 0.568. The van der Waals surface area contributed by atoms with Crippen LogP contribution in [0.15, 0.2) is 47.3 Å². The lowest BCUT2D eigenvalue weighted by Crippen LogP contribution is -1.88. The van der Waals surface area contributed by atoms with Gasteiger partial charge in [-0.1, -0.05) is 29.8 Å². The number of anilines is 1. The summed E-state index contributed by atoms with van der Waals surface area (Å²) in [6, 6.07) is 10.1. The zero-order valence-electron chi connectivity index (χ0n) is 9.97. The van der Waals surface area contributed by atoms with Gasteiger partial charge in [0.25, 0.3) is 0 Å². The molecule has 0 aliphatic heterocycles. The average molecular weight is 239 g/mol. The van der Waals surface area contributed by atoms with E-state index in [0.717, 1.165) is 22.4 Å². The van der Waals surface area contributed by atoms with Crippen LogP contribution < -0.4 is 5.73 Å². The number of nitrogens with two attached hydrogens (primary N) is 1. The molecule has 0 unspecified atom stereocenters. The number of furan rings is 1. The molecule has 0 bridgehead atoms. The molecule has 0 atom stereocenters. The fourth-order valence-electron chi connectivity index (χ4n) is 1.98. The van der Waals surface area contributed by atoms with Crippen molar-refractivity contribution in [1.29, 1.82) is 0 Å². The molecule has 0 radical (unpaired) electrons. The quantitative estimate of drug-likeness (QED) is 0.721. The summed E-state index contributed by atoms with van der Waals surface area (Å²) in [4.78, 5) is 0. The third-order valence-electron chi connectivity index (χ3n) is 2.94. The van der Waals surface area contributed by atoms with Gasteiger partial charge in [0.05, 0.1) is 23.8 Å². The Labute approximate surface area is 104 Å². The molecule has 0 saturated carbocycles. The van der Waals surface area contributed by atoms with Crippen molar-refractivity contribution in [2.24, 2.45) is 0 Å². The van der Waals surface area contributed by atoms with Gasteiger partial charge in [0.15, 0.2) is 5.82 Å². The fourth-order valence-corrected chi connectivity index (χ4v) is 1.98. The first-order valence-corrected chi connectivity index (χ1v) is 5.69. The van der Waals surface area contributed by atoms with Crippen LogP contribution in [0.2, 0.25) is 0 Å². The van der Waals surface area contributed by atoms with Gasteiger partial charge in [-0.3, -0.25) is 5.10 Å². The molecule has 18 heavy (non-hydrogen) atoms. The first kappa shape index (κ1) is 10.7. The van der Waals surface area contributed by atoms with E-state index in [1.807, 2.05) is 18.2 Å². The molecule has 2 aromatic heterocycles. The minimum absolute atomic E-state index is 0.495. The summed E-state index contributed by atoms with van der Waals surface area (Å²) in [6.07, 6.45) is 3.30. The highest BCUT2D eigenvalue weighted by atomic mass is 16.3. The van der Waals surface area contributed by atoms with Crippen LogP contribution in [-0.2, 0) is 0 Å². The summed E-state index contributed by atoms with van der Waals surface area (Å²) < 4.78 is 5.10. The van der Waals surface area contributed by atoms with Gasteiger partial charge in [0.2, 0.25) is 0 Å². The van der Waals surface area contributed by atoms with Gasteiger partial charge >= 0.3 is 0 Å². The largest absolute Gasteiger partial charge is 0.472 e. The molecule has 0 spiro atoms. The van der Waals surface area contributed by atoms with Crippen molar-refractivity contribution in [3.8, 4) is 22.4 Å². The van der Waals surface area contributed by atoms with Gasteiger partial charge in [-0.2, -0.15) is 5.10 Å². The number of aromatic nitrogens is 2. The monoisotopic (exact) mass is 239 g/mol. The molecule has 3 rings (SSSR count). The smallest absolute Gasteiger partial charge is 0.153 e. The summed E-state index contributed by atoms with van der Waals surface area (Å²) in [5, 5.41) is 7.04. The van der Waals surface area contributed by atoms with E-state index in [1.54, 1.807) is 12.5 Å². The molecule has 0 aliphatic rings. The van der Waals surface area contributed by atoms with Crippen molar-refractivity contribution >= 4 is 5.82 Å². The van der Waals surface area contributed by atoms with Crippen LogP contribution in [0.3, 0.4) is 0 Å². The molecule has 90 valence electrons. The molecule has 0 saturated heterocycles. The highest BCUT2D eigenvalue weighted by Gasteiger charge is 2.15. The van der Waals surface area contributed by atoms with Crippen molar-refractivity contribution in [1.82, 2.24) is 10.2 Å². The Kier molecular flexibility index (Phi) is 2.41. The van der Waals surface area contributed by atoms with Gasteiger partial charge in [-0.05, 0) is 18.6 Å². The first-order chi connectivity index (χ1) is 8.75. The molecule has 0 fully saturated rings. The zero-order chi connectivity index (χ0) is 12.5. The molecule has 1 aromatic carbocycles. The summed E-state index contributed by atoms with van der Waals surface area (Å²) in [5.41, 5.74) is 10.9. The van der Waals surface area contributed by atoms with E-state index in [4.69, 9.17) is 10.2 Å². The highest BCUT2D eigenvalue weighted by molar-refractivity contribution is 5.87. The molecule has 0 aliphatic carbocycles. The number of hydrogen-bond acceptors (Lipinski definition) is 3. The molecular formula is C14H13N3O. The van der Waals surface area contributed by atoms with Crippen LogP contribution in [0, 0.1) is 6.92 Å². The molecule has 0 amide bonds. The minimum atomic E-state index is 0.495. The zero-order valence-corrected chi connectivity index (χ0v) is 9.97. The summed E-state index contributed by atoms with van der Waals surface area (Å²) >= 11 is 0. The Hall–Kier alpha value is -2.49. The van der Waals surface area contributed by atoms with Crippen LogP contribution in [0.4, 0.5) is 5.82 Å². The molecule has 3 N–H and O–H groups in total. The Bertz CT molecular complexity index is 651. The number of nitrogens with zero attached hydrogens (tertiary/aromatic N) is 1. The highest BCUT2D eigenvalue weighted by Crippen LogP contribution is 2.34. The number of hydrogen-bond donors (Lipinski definition) is 2. The normalized spacial score (nSPS) is 10.7. The lowest BCUT2D eigenvalue weighted by atomic mass is 10.0. The number of aromatic amines is 1. The topological polar surface area (TPSA) is 67.8 Å². The van der Waals surface area contributed by atoms with Crippen molar-refractivity contribution in [3.63, 3.8) is 0 Å². The molecule has 4 heteroatoms. The fraction of sp³-hybridized carbons (Fsp3) is 0.0714. The average Bonchev–Trinajstić information content (AvgIpc) is 2.99. The minimum Gasteiger partial charge on any atom is -0.472 e. The summed E-state index contributed by atoms with van der Waals surface area (Å²) in [6.45, 7) is 2.06. The number of rotatable bonds is 2. The van der Waals surface area contributed by atoms with Crippen molar-refractivity contribution in [3.05, 3.63) is 48.4 Å². The van der Waals surface area contributed by atoms with Gasteiger partial charge < -0.3 is 10.2 Å². The first-order valence-electron chi connectivity index (χ1n) is 5.69. The number of benzene rings is 1. The second-order valence-electron chi connectivity index (χ2n) is 4.24. The Morgan fingerprint density at radius 2 is 1.89 bits per heavy atom. The predicted octanol–water partition coefficient (Wildman–Crippen LogP) is 3.23. The van der Waals surface area contributed by atoms with Gasteiger partial charge in [-0.15, -0.1) is 0 Å². The van der Waals surface area contributed by atoms with E-state index < -0.39 is 0 Å². The maximum atomic E-state index is 5.94. The standard InChI is InChI=1S/C14H13N3O/c1-9-2-4-10(5-3-9)12-13(16-17-14(12)15)11-6-7-18-8-11/h2-8H,1H3,(H3,15,16,17). The van der Waals surface area contributed by atoms with E-state index in [1.165, 1.54) is 5.56 Å². The van der Waals surface area contributed by atoms with Gasteiger partial charge in [0.1, 0.15) is 0 Å². The Morgan fingerprint density at radius 1 is 1.11 bits per heavy atom. The van der Waals surface area contributed by atoms with Crippen LogP contribution in [0.5, 0.6) is 0 Å². The van der Waals surface area contributed by atoms with Crippen molar-refractivity contribution in [2.75, 3.05) is 5.73 Å². The summed E-state index contributed by atoms with van der Waals surface area (Å²) in [5.74, 6) is 0.495. The van der Waals surface area contributed by atoms with Crippen LogP contribution in [0.25, 0.3) is 22.4 Å². The van der Waals surface area contributed by atoms with E-state index in [2.05, 4.69) is 29.3 Å². The number of nitrogen functional groups attached to an aromatic ring is 1. The number of H-pyrrole nitrogens is 1. The van der Waals surface area contributed by atoms with Gasteiger partial charge in [-0.25, -0.2) is 0 Å². The van der Waals surface area contributed by atoms with Crippen molar-refractivity contribution < 1.29 is 4.42 Å². The maximum absolute atomic E-state index is 5.94. The SMILES string of the molecule is Cc1ccc(-c2c(N)n[nH]c2-c2ccoc2)cc1. The van der Waals surface area contributed by atoms with E-state index in [-0.39, 0.29) is 0 Å². The van der Waals surface area contributed by atoms with E-state index in [9.17, 15) is 0 Å². The number of nitrogens with one attached hydrogen (secondary N) is 1. The van der Waals surface area contributed by atoms with Crippen LogP contribution in [-0.4, -0.2) is 10.2 Å². The molecule has 2 heterocycles. The second kappa shape index (κ2) is 4.07. The third kappa shape index (κ3) is 1.68. The second-order valence-corrected chi connectivity index (χ2v) is 4.24. The Balaban J connectivity index is 2.17. The maximum Gasteiger partial charge on any atom is 0.153 e. The number of aryl methyl sites for hydroxylation is 1. The molecule has 4 nitrogen and oxygen atoms in total. The van der Waals surface area contributed by atoms with E-state index in [0.29, 0.717) is 5.82 Å². The summed E-state index contributed by atoms with van der Waals surface area (Å²) in [7, 11) is 0. The van der Waals surface area contributed by atoms with Crippen molar-refractivity contribution in [2.45, 2.75) is 6.92 Å². The van der Waals surface area contributed by atoms with Gasteiger partial charge in [0, 0.05) is 5.56 Å². The molecular weight excluding hydrogens is 226 g/mol. The third-order valence-corrected chi connectivity index (χ3v) is 2.94. The molecule has 3 aromatic rings. The Morgan fingerprint density at radius 3 is 2.56 bits per heavy atom.